The zero-order valence-corrected chi connectivity index (χ0v) is 8.85. The largest absolute Gasteiger partial charge is 2.00 e. The molecule has 1 rings (SSSR count). The van der Waals surface area contributed by atoms with Gasteiger partial charge in [0.25, 0.3) is 0 Å². The molecule has 1 aliphatic rings. The number of carbonyl (C=O) groups excluding carboxylic acids is 1. The molecule has 2 nitrogen and oxygen atoms in total. The minimum absolute atomic E-state index is 0. The van der Waals surface area contributed by atoms with E-state index in [4.69, 9.17) is 0 Å². The second-order valence-electron chi connectivity index (χ2n) is 3.77. The smallest absolute Gasteiger partial charge is 0.550 e. The first-order valence-electron chi connectivity index (χ1n) is 4.99. The quantitative estimate of drug-likeness (QED) is 0.683. The summed E-state index contributed by atoms with van der Waals surface area (Å²) in [4.78, 5) is 10.1. The van der Waals surface area contributed by atoms with Gasteiger partial charge in [0, 0.05) is 5.97 Å². The minimum Gasteiger partial charge on any atom is -0.550 e. The summed E-state index contributed by atoms with van der Waals surface area (Å²) in [5, 5.41) is 10.1. The van der Waals surface area contributed by atoms with E-state index < -0.39 is 5.97 Å². The van der Waals surface area contributed by atoms with E-state index in [-0.39, 0.29) is 22.9 Å². The van der Waals surface area contributed by atoms with E-state index in [1.807, 2.05) is 0 Å². The van der Waals surface area contributed by atoms with Crippen LogP contribution in [0, 0.1) is 5.92 Å². The predicted octanol–water partition coefficient (Wildman–Crippen LogP) is 1.48. The van der Waals surface area contributed by atoms with Crippen molar-refractivity contribution in [3.8, 4) is 0 Å². The van der Waals surface area contributed by atoms with E-state index in [0.717, 1.165) is 18.8 Å². The number of carbonyl (C=O) groups is 1. The molecule has 0 radical (unpaired) electrons. The van der Waals surface area contributed by atoms with Crippen molar-refractivity contribution in [1.82, 2.24) is 0 Å². The zero-order chi connectivity index (χ0) is 8.81. The second-order valence-corrected chi connectivity index (χ2v) is 3.77. The molecule has 3 heteroatoms. The van der Waals surface area contributed by atoms with Crippen LogP contribution in [0.25, 0.3) is 0 Å². The van der Waals surface area contributed by atoms with Crippen molar-refractivity contribution < 1.29 is 26.4 Å². The van der Waals surface area contributed by atoms with E-state index in [2.05, 4.69) is 0 Å². The van der Waals surface area contributed by atoms with Gasteiger partial charge < -0.3 is 9.90 Å². The van der Waals surface area contributed by atoms with Crippen LogP contribution in [0.2, 0.25) is 0 Å². The molecule has 0 aromatic carbocycles. The van der Waals surface area contributed by atoms with Gasteiger partial charge in [0.05, 0.1) is 0 Å². The third-order valence-corrected chi connectivity index (χ3v) is 2.72. The Bertz CT molecular complexity index is 142. The summed E-state index contributed by atoms with van der Waals surface area (Å²) >= 11 is 0. The van der Waals surface area contributed by atoms with Gasteiger partial charge in [-0.25, -0.2) is 0 Å². The Kier molecular flexibility index (Phi) is 7.35. The number of carboxylic acids is 1. The van der Waals surface area contributed by atoms with Crippen molar-refractivity contribution in [2.24, 2.45) is 5.92 Å². The van der Waals surface area contributed by atoms with Crippen molar-refractivity contribution >= 4 is 5.97 Å². The molecule has 0 aromatic heterocycles. The molecule has 0 aliphatic heterocycles. The number of rotatable bonds is 4. The van der Waals surface area contributed by atoms with Gasteiger partial charge in [-0.2, -0.15) is 0 Å². The molecule has 0 saturated heterocycles. The molecular weight excluding hydrogens is 211 g/mol. The first-order valence-corrected chi connectivity index (χ1v) is 4.99. The van der Waals surface area contributed by atoms with Gasteiger partial charge in [0.15, 0.2) is 0 Å². The fourth-order valence-corrected chi connectivity index (χ4v) is 2.01. The molecule has 1 aliphatic carbocycles. The molecular formula is C10H17NiO2+. The van der Waals surface area contributed by atoms with Crippen molar-refractivity contribution in [1.29, 1.82) is 0 Å². The van der Waals surface area contributed by atoms with Crippen LogP contribution < -0.4 is 5.11 Å². The van der Waals surface area contributed by atoms with Crippen LogP contribution in [0.5, 0.6) is 0 Å². The van der Waals surface area contributed by atoms with Crippen LogP contribution in [0.3, 0.4) is 0 Å². The average molecular weight is 228 g/mol. The summed E-state index contributed by atoms with van der Waals surface area (Å²) < 4.78 is 0. The molecule has 0 aromatic rings. The molecule has 0 spiro atoms. The molecule has 0 heterocycles. The first kappa shape index (κ1) is 13.0. The normalized spacial score (nSPS) is 17.8. The fourth-order valence-electron chi connectivity index (χ4n) is 2.01. The molecule has 0 unspecified atom stereocenters. The van der Waals surface area contributed by atoms with Gasteiger partial charge in [0.2, 0.25) is 0 Å². The van der Waals surface area contributed by atoms with E-state index in [0.29, 0.717) is 0 Å². The van der Waals surface area contributed by atoms with Gasteiger partial charge >= 0.3 is 16.5 Å². The van der Waals surface area contributed by atoms with E-state index >= 15 is 0 Å². The number of aliphatic carboxylic acids is 1. The van der Waals surface area contributed by atoms with E-state index in [9.17, 15) is 9.90 Å². The Hall–Kier alpha value is -0.0365. The number of carboxylic acid groups (broad SMARTS) is 1. The van der Waals surface area contributed by atoms with Crippen molar-refractivity contribution in [3.63, 3.8) is 0 Å². The van der Waals surface area contributed by atoms with Gasteiger partial charge in [-0.3, -0.25) is 0 Å². The molecule has 0 amide bonds. The Morgan fingerprint density at radius 1 is 1.23 bits per heavy atom. The van der Waals surface area contributed by atoms with Crippen LogP contribution in [-0.4, -0.2) is 5.97 Å². The minimum atomic E-state index is -0.897. The molecule has 78 valence electrons. The molecule has 1 fully saturated rings. The summed E-state index contributed by atoms with van der Waals surface area (Å²) in [5.41, 5.74) is 0. The van der Waals surface area contributed by atoms with Crippen molar-refractivity contribution in [2.75, 3.05) is 0 Å². The Labute approximate surface area is 90.0 Å². The van der Waals surface area contributed by atoms with Crippen molar-refractivity contribution in [2.45, 2.75) is 51.4 Å². The topological polar surface area (TPSA) is 40.1 Å². The van der Waals surface area contributed by atoms with Crippen LogP contribution in [0.4, 0.5) is 0 Å². The average Bonchev–Trinajstić information content (AvgIpc) is 2.05. The second kappa shape index (κ2) is 7.38. The Morgan fingerprint density at radius 3 is 2.38 bits per heavy atom. The van der Waals surface area contributed by atoms with Crippen LogP contribution in [0.1, 0.15) is 51.4 Å². The van der Waals surface area contributed by atoms with Crippen molar-refractivity contribution in [3.05, 3.63) is 0 Å². The summed E-state index contributed by atoms with van der Waals surface area (Å²) in [6.07, 6.45) is 8.83. The van der Waals surface area contributed by atoms with Crippen LogP contribution >= 0.6 is 0 Å². The molecule has 0 N–H and O–H groups in total. The van der Waals surface area contributed by atoms with Gasteiger partial charge in [-0.15, -0.1) is 0 Å². The zero-order valence-electron chi connectivity index (χ0n) is 7.87. The third-order valence-electron chi connectivity index (χ3n) is 2.72. The Balaban J connectivity index is 0.00000144. The predicted molar refractivity (Wildman–Crippen MR) is 45.4 cm³/mol. The Morgan fingerprint density at radius 2 is 1.85 bits per heavy atom. The molecule has 0 bridgehead atoms. The monoisotopic (exact) mass is 227 g/mol. The molecule has 1 saturated carbocycles. The first-order chi connectivity index (χ1) is 5.79. The summed E-state index contributed by atoms with van der Waals surface area (Å²) in [7, 11) is 0. The summed E-state index contributed by atoms with van der Waals surface area (Å²) in [5.74, 6) is -0.0936. The number of hydrogen-bond donors (Lipinski definition) is 0. The van der Waals surface area contributed by atoms with E-state index in [1.165, 1.54) is 32.1 Å². The van der Waals surface area contributed by atoms with Gasteiger partial charge in [-0.05, 0) is 18.8 Å². The van der Waals surface area contributed by atoms with Crippen LogP contribution in [-0.2, 0) is 21.3 Å². The standard InChI is InChI=1S/C10H18O2.Ni/c11-10(12)8-4-7-9-5-2-1-3-6-9;/h9H,1-8H2,(H,11,12);/q;+2/p-1. The van der Waals surface area contributed by atoms with E-state index in [1.54, 1.807) is 0 Å². The molecule has 13 heavy (non-hydrogen) atoms. The fraction of sp³-hybridized carbons (Fsp3) is 0.900. The maximum atomic E-state index is 10.1. The summed E-state index contributed by atoms with van der Waals surface area (Å²) in [6.45, 7) is 0. The molecule has 0 atom stereocenters. The van der Waals surface area contributed by atoms with Gasteiger partial charge in [0.1, 0.15) is 0 Å². The SMILES string of the molecule is O=C([O-])CCCC1CCCCC1.[Ni+2]. The summed E-state index contributed by atoms with van der Waals surface area (Å²) in [6, 6.07) is 0. The van der Waals surface area contributed by atoms with Crippen LogP contribution in [0.15, 0.2) is 0 Å². The third kappa shape index (κ3) is 6.09. The maximum absolute atomic E-state index is 10.1. The number of hydrogen-bond acceptors (Lipinski definition) is 2. The maximum Gasteiger partial charge on any atom is 2.00 e. The van der Waals surface area contributed by atoms with Gasteiger partial charge in [-0.1, -0.05) is 38.5 Å².